The Morgan fingerprint density at radius 2 is 2.06 bits per heavy atom. The highest BCUT2D eigenvalue weighted by Gasteiger charge is 2.27. The van der Waals surface area contributed by atoms with Gasteiger partial charge >= 0.3 is 0 Å². The summed E-state index contributed by atoms with van der Waals surface area (Å²) < 4.78 is 27.0. The van der Waals surface area contributed by atoms with E-state index in [-0.39, 0.29) is 6.04 Å². The van der Waals surface area contributed by atoms with E-state index in [4.69, 9.17) is 0 Å². The van der Waals surface area contributed by atoms with Crippen LogP contribution in [-0.4, -0.2) is 32.4 Å². The highest BCUT2D eigenvalue weighted by atomic mass is 32.2. The highest BCUT2D eigenvalue weighted by molar-refractivity contribution is 7.91. The molecule has 0 saturated carbocycles. The van der Waals surface area contributed by atoms with Gasteiger partial charge in [-0.15, -0.1) is 11.3 Å². The van der Waals surface area contributed by atoms with Gasteiger partial charge in [-0.1, -0.05) is 6.92 Å². The molecule has 0 amide bonds. The van der Waals surface area contributed by atoms with Gasteiger partial charge in [-0.25, -0.2) is 8.42 Å². The zero-order valence-corrected chi connectivity index (χ0v) is 13.1. The zero-order valence-electron chi connectivity index (χ0n) is 11.4. The second kappa shape index (κ2) is 6.65. The van der Waals surface area contributed by atoms with E-state index < -0.39 is 10.0 Å². The van der Waals surface area contributed by atoms with Crippen LogP contribution in [0.25, 0.3) is 0 Å². The molecule has 1 rings (SSSR count). The van der Waals surface area contributed by atoms with Gasteiger partial charge in [-0.3, -0.25) is 0 Å². The minimum atomic E-state index is -3.34. The molecule has 0 aliphatic heterocycles. The lowest BCUT2D eigenvalue weighted by Crippen LogP contribution is -2.37. The summed E-state index contributed by atoms with van der Waals surface area (Å²) in [5, 5.41) is 3.03. The number of hydrogen-bond donors (Lipinski definition) is 1. The molecule has 1 N–H and O–H groups in total. The van der Waals surface area contributed by atoms with Crippen molar-refractivity contribution in [2.45, 2.75) is 44.0 Å². The summed E-state index contributed by atoms with van der Waals surface area (Å²) in [5.41, 5.74) is 0. The van der Waals surface area contributed by atoms with Crippen LogP contribution in [0.15, 0.2) is 16.3 Å². The lowest BCUT2D eigenvalue weighted by molar-refractivity contribution is 0.355. The summed E-state index contributed by atoms with van der Waals surface area (Å²) >= 11 is 1.34. The predicted molar refractivity (Wildman–Crippen MR) is 76.4 cm³/mol. The van der Waals surface area contributed by atoms with Gasteiger partial charge in [0, 0.05) is 24.0 Å². The number of nitrogens with one attached hydrogen (secondary N) is 1. The van der Waals surface area contributed by atoms with Crippen LogP contribution in [-0.2, 0) is 16.6 Å². The fraction of sp³-hybridized carbons (Fsp3) is 0.667. The molecule has 0 fully saturated rings. The first-order valence-corrected chi connectivity index (χ1v) is 8.44. The molecular formula is C12H22N2O2S2. The molecule has 1 heterocycles. The van der Waals surface area contributed by atoms with Crippen molar-refractivity contribution in [2.75, 3.05) is 13.6 Å². The first-order valence-electron chi connectivity index (χ1n) is 6.18. The Bertz CT molecular complexity index is 466. The monoisotopic (exact) mass is 290 g/mol. The number of hydrogen-bond acceptors (Lipinski definition) is 4. The second-order valence-electron chi connectivity index (χ2n) is 4.46. The summed E-state index contributed by atoms with van der Waals surface area (Å²) in [7, 11) is -1.48. The Balaban J connectivity index is 3.02. The van der Waals surface area contributed by atoms with Crippen LogP contribution in [0.5, 0.6) is 0 Å². The standard InChI is InChI=1S/C12H22N2O2S2/c1-5-8-14(10(2)3)18(15,16)12-7-6-11(17-12)9-13-4/h6-7,10,13H,5,8-9H2,1-4H3. The van der Waals surface area contributed by atoms with Crippen LogP contribution in [0.2, 0.25) is 0 Å². The minimum absolute atomic E-state index is 0.00944. The maximum atomic E-state index is 12.5. The van der Waals surface area contributed by atoms with E-state index in [1.54, 1.807) is 10.4 Å². The van der Waals surface area contributed by atoms with Crippen molar-refractivity contribution in [3.05, 3.63) is 17.0 Å². The maximum absolute atomic E-state index is 12.5. The highest BCUT2D eigenvalue weighted by Crippen LogP contribution is 2.26. The molecule has 0 spiro atoms. The summed E-state index contributed by atoms with van der Waals surface area (Å²) in [6.45, 7) is 7.09. The summed E-state index contributed by atoms with van der Waals surface area (Å²) in [6, 6.07) is 3.57. The SMILES string of the molecule is CCCN(C(C)C)S(=O)(=O)c1ccc(CNC)s1. The summed E-state index contributed by atoms with van der Waals surface area (Å²) in [5.74, 6) is 0. The molecule has 0 aliphatic rings. The second-order valence-corrected chi connectivity index (χ2v) is 7.75. The van der Waals surface area contributed by atoms with Crippen LogP contribution in [0.4, 0.5) is 0 Å². The van der Waals surface area contributed by atoms with Crippen LogP contribution >= 0.6 is 11.3 Å². The normalized spacial score (nSPS) is 12.6. The van der Waals surface area contributed by atoms with Crippen molar-refractivity contribution in [1.82, 2.24) is 9.62 Å². The molecule has 6 heteroatoms. The third-order valence-electron chi connectivity index (χ3n) is 2.57. The first-order chi connectivity index (χ1) is 8.43. The Morgan fingerprint density at radius 3 is 2.56 bits per heavy atom. The van der Waals surface area contributed by atoms with Gasteiger partial charge in [0.25, 0.3) is 10.0 Å². The van der Waals surface area contributed by atoms with Crippen LogP contribution in [0.1, 0.15) is 32.1 Å². The number of nitrogens with zero attached hydrogens (tertiary/aromatic N) is 1. The average molecular weight is 290 g/mol. The smallest absolute Gasteiger partial charge is 0.252 e. The molecule has 0 saturated heterocycles. The van der Waals surface area contributed by atoms with Crippen molar-refractivity contribution in [3.63, 3.8) is 0 Å². The molecule has 0 aromatic carbocycles. The molecule has 104 valence electrons. The molecule has 0 aliphatic carbocycles. The quantitative estimate of drug-likeness (QED) is 0.838. The van der Waals surface area contributed by atoms with E-state index in [1.165, 1.54) is 11.3 Å². The van der Waals surface area contributed by atoms with E-state index in [2.05, 4.69) is 5.32 Å². The number of sulfonamides is 1. The van der Waals surface area contributed by atoms with Gasteiger partial charge < -0.3 is 5.32 Å². The van der Waals surface area contributed by atoms with Crippen LogP contribution in [0, 0.1) is 0 Å². The molecular weight excluding hydrogens is 268 g/mol. The van der Waals surface area contributed by atoms with E-state index in [1.807, 2.05) is 33.9 Å². The maximum Gasteiger partial charge on any atom is 0.252 e. The number of rotatable bonds is 7. The molecule has 1 aromatic rings. The van der Waals surface area contributed by atoms with Gasteiger partial charge in [0.05, 0.1) is 0 Å². The lowest BCUT2D eigenvalue weighted by Gasteiger charge is -2.24. The largest absolute Gasteiger partial charge is 0.315 e. The van der Waals surface area contributed by atoms with Gasteiger partial charge in [0.1, 0.15) is 4.21 Å². The first kappa shape index (κ1) is 15.6. The average Bonchev–Trinajstić information content (AvgIpc) is 2.75. The molecule has 4 nitrogen and oxygen atoms in total. The van der Waals surface area contributed by atoms with Gasteiger partial charge in [0.2, 0.25) is 0 Å². The molecule has 1 aromatic heterocycles. The van der Waals surface area contributed by atoms with E-state index in [0.29, 0.717) is 17.3 Å². The van der Waals surface area contributed by atoms with Crippen LogP contribution < -0.4 is 5.32 Å². The van der Waals surface area contributed by atoms with Crippen molar-refractivity contribution >= 4 is 21.4 Å². The van der Waals surface area contributed by atoms with Crippen LogP contribution in [0.3, 0.4) is 0 Å². The third kappa shape index (κ3) is 3.54. The molecule has 0 unspecified atom stereocenters. The van der Waals surface area contributed by atoms with Crippen molar-refractivity contribution in [2.24, 2.45) is 0 Å². The summed E-state index contributed by atoms with van der Waals surface area (Å²) in [6.07, 6.45) is 0.826. The van der Waals surface area contributed by atoms with Gasteiger partial charge in [-0.05, 0) is 39.4 Å². The van der Waals surface area contributed by atoms with Gasteiger partial charge in [0.15, 0.2) is 0 Å². The van der Waals surface area contributed by atoms with Gasteiger partial charge in [-0.2, -0.15) is 4.31 Å². The Kier molecular flexibility index (Phi) is 5.78. The molecule has 0 bridgehead atoms. The topological polar surface area (TPSA) is 49.4 Å². The third-order valence-corrected chi connectivity index (χ3v) is 6.20. The van der Waals surface area contributed by atoms with E-state index in [0.717, 1.165) is 11.3 Å². The Morgan fingerprint density at radius 1 is 1.39 bits per heavy atom. The molecule has 0 radical (unpaired) electrons. The van der Waals surface area contributed by atoms with Crippen molar-refractivity contribution < 1.29 is 8.42 Å². The van der Waals surface area contributed by atoms with E-state index >= 15 is 0 Å². The number of thiophene rings is 1. The molecule has 0 atom stereocenters. The Hall–Kier alpha value is -0.430. The molecule has 18 heavy (non-hydrogen) atoms. The van der Waals surface area contributed by atoms with Crippen molar-refractivity contribution in [1.29, 1.82) is 0 Å². The minimum Gasteiger partial charge on any atom is -0.315 e. The van der Waals surface area contributed by atoms with Crippen molar-refractivity contribution in [3.8, 4) is 0 Å². The zero-order chi connectivity index (χ0) is 13.8. The predicted octanol–water partition coefficient (Wildman–Crippen LogP) is 2.28. The fourth-order valence-corrected chi connectivity index (χ4v) is 4.98. The Labute approximate surface area is 114 Å². The summed E-state index contributed by atoms with van der Waals surface area (Å²) in [4.78, 5) is 1.04. The fourth-order valence-electron chi connectivity index (χ4n) is 1.76. The van der Waals surface area contributed by atoms with E-state index in [9.17, 15) is 8.42 Å². The lowest BCUT2D eigenvalue weighted by atomic mass is 10.4.